The van der Waals surface area contributed by atoms with Crippen molar-refractivity contribution in [1.29, 1.82) is 0 Å². The second-order valence-electron chi connectivity index (χ2n) is 3.21. The van der Waals surface area contributed by atoms with Gasteiger partial charge in [-0.25, -0.2) is 0 Å². The second-order valence-corrected chi connectivity index (χ2v) is 3.21. The van der Waals surface area contributed by atoms with Gasteiger partial charge in [-0.15, -0.1) is 0 Å². The average Bonchev–Trinajstić information content (AvgIpc) is 2.70. The number of hydrogen-bond donors (Lipinski definition) is 1. The standard InChI is InChI=1S/C10H19N3O2/c1-14-6-2-7-15-8-5-13-10(9-11)3-4-12-13/h3-4H,2,5-9,11H2,1H3. The molecule has 1 rings (SSSR count). The van der Waals surface area contributed by atoms with E-state index < -0.39 is 0 Å². The van der Waals surface area contributed by atoms with Crippen molar-refractivity contribution in [3.63, 3.8) is 0 Å². The van der Waals surface area contributed by atoms with Crippen LogP contribution in [0.5, 0.6) is 0 Å². The third-order valence-corrected chi connectivity index (χ3v) is 2.10. The van der Waals surface area contributed by atoms with Crippen LogP contribution in [0.15, 0.2) is 12.3 Å². The van der Waals surface area contributed by atoms with Crippen LogP contribution in [0.4, 0.5) is 0 Å². The molecule has 1 aromatic heterocycles. The first-order chi connectivity index (χ1) is 7.38. The van der Waals surface area contributed by atoms with Gasteiger partial charge in [-0.1, -0.05) is 0 Å². The smallest absolute Gasteiger partial charge is 0.0662 e. The molecule has 2 N–H and O–H groups in total. The van der Waals surface area contributed by atoms with Gasteiger partial charge in [-0.2, -0.15) is 5.10 Å². The van der Waals surface area contributed by atoms with Gasteiger partial charge in [0, 0.05) is 33.1 Å². The monoisotopic (exact) mass is 213 g/mol. The van der Waals surface area contributed by atoms with Crippen LogP contribution in [0.1, 0.15) is 12.1 Å². The maximum Gasteiger partial charge on any atom is 0.0662 e. The molecule has 1 aromatic rings. The molecule has 0 atom stereocenters. The van der Waals surface area contributed by atoms with E-state index in [2.05, 4.69) is 5.10 Å². The quantitative estimate of drug-likeness (QED) is 0.635. The fourth-order valence-electron chi connectivity index (χ4n) is 1.29. The number of aromatic nitrogens is 2. The highest BCUT2D eigenvalue weighted by Crippen LogP contribution is 1.97. The summed E-state index contributed by atoms with van der Waals surface area (Å²) in [7, 11) is 1.69. The van der Waals surface area contributed by atoms with Gasteiger partial charge in [0.2, 0.25) is 0 Å². The zero-order valence-electron chi connectivity index (χ0n) is 9.19. The molecule has 1 heterocycles. The molecular formula is C10H19N3O2. The van der Waals surface area contributed by atoms with Gasteiger partial charge >= 0.3 is 0 Å². The zero-order chi connectivity index (χ0) is 10.9. The first-order valence-corrected chi connectivity index (χ1v) is 5.16. The molecule has 0 saturated heterocycles. The van der Waals surface area contributed by atoms with E-state index in [1.54, 1.807) is 13.3 Å². The lowest BCUT2D eigenvalue weighted by Crippen LogP contribution is -2.13. The Morgan fingerprint density at radius 2 is 2.27 bits per heavy atom. The van der Waals surface area contributed by atoms with Crippen LogP contribution in [0.3, 0.4) is 0 Å². The predicted molar refractivity (Wildman–Crippen MR) is 57.4 cm³/mol. The lowest BCUT2D eigenvalue weighted by Gasteiger charge is -2.06. The fourth-order valence-corrected chi connectivity index (χ4v) is 1.29. The van der Waals surface area contributed by atoms with E-state index in [1.807, 2.05) is 10.7 Å². The third kappa shape index (κ3) is 4.42. The van der Waals surface area contributed by atoms with E-state index >= 15 is 0 Å². The Bertz CT molecular complexity index is 263. The van der Waals surface area contributed by atoms with E-state index in [-0.39, 0.29) is 0 Å². The van der Waals surface area contributed by atoms with Gasteiger partial charge in [0.15, 0.2) is 0 Å². The highest BCUT2D eigenvalue weighted by atomic mass is 16.5. The van der Waals surface area contributed by atoms with Crippen LogP contribution in [-0.2, 0) is 22.6 Å². The van der Waals surface area contributed by atoms with Crippen molar-refractivity contribution in [2.45, 2.75) is 19.5 Å². The molecule has 0 aliphatic heterocycles. The SMILES string of the molecule is COCCCOCCn1nccc1CN. The summed E-state index contributed by atoms with van der Waals surface area (Å²) >= 11 is 0. The van der Waals surface area contributed by atoms with E-state index in [0.29, 0.717) is 13.2 Å². The number of nitrogens with two attached hydrogens (primary N) is 1. The Morgan fingerprint density at radius 1 is 1.40 bits per heavy atom. The topological polar surface area (TPSA) is 62.3 Å². The third-order valence-electron chi connectivity index (χ3n) is 2.10. The Hall–Kier alpha value is -0.910. The summed E-state index contributed by atoms with van der Waals surface area (Å²) < 4.78 is 12.2. The minimum Gasteiger partial charge on any atom is -0.385 e. The van der Waals surface area contributed by atoms with Crippen molar-refractivity contribution in [3.8, 4) is 0 Å². The van der Waals surface area contributed by atoms with Crippen molar-refractivity contribution in [3.05, 3.63) is 18.0 Å². The van der Waals surface area contributed by atoms with Gasteiger partial charge in [0.05, 0.1) is 18.8 Å². The van der Waals surface area contributed by atoms with Crippen molar-refractivity contribution in [1.82, 2.24) is 9.78 Å². The molecule has 5 nitrogen and oxygen atoms in total. The highest BCUT2D eigenvalue weighted by molar-refractivity contribution is 4.99. The van der Waals surface area contributed by atoms with Crippen LogP contribution in [0.25, 0.3) is 0 Å². The molecule has 0 unspecified atom stereocenters. The molecule has 5 heteroatoms. The zero-order valence-corrected chi connectivity index (χ0v) is 9.19. The van der Waals surface area contributed by atoms with Crippen LogP contribution in [-0.4, -0.2) is 36.7 Å². The molecule has 0 spiro atoms. The summed E-state index contributed by atoms with van der Waals surface area (Å²) in [6, 6.07) is 1.92. The summed E-state index contributed by atoms with van der Waals surface area (Å²) in [5.41, 5.74) is 6.58. The van der Waals surface area contributed by atoms with Gasteiger partial charge in [-0.3, -0.25) is 4.68 Å². The van der Waals surface area contributed by atoms with Crippen molar-refractivity contribution in [2.24, 2.45) is 5.73 Å². The fraction of sp³-hybridized carbons (Fsp3) is 0.700. The van der Waals surface area contributed by atoms with E-state index in [4.69, 9.17) is 15.2 Å². The lowest BCUT2D eigenvalue weighted by molar-refractivity contribution is 0.0957. The van der Waals surface area contributed by atoms with Crippen molar-refractivity contribution < 1.29 is 9.47 Å². The van der Waals surface area contributed by atoms with Gasteiger partial charge in [0.25, 0.3) is 0 Å². The second kappa shape index (κ2) is 7.39. The van der Waals surface area contributed by atoms with Crippen LogP contribution in [0, 0.1) is 0 Å². The molecular weight excluding hydrogens is 194 g/mol. The molecule has 86 valence electrons. The normalized spacial score (nSPS) is 10.8. The minimum absolute atomic E-state index is 0.518. The maximum absolute atomic E-state index is 5.55. The Morgan fingerprint density at radius 3 is 3.00 bits per heavy atom. The predicted octanol–water partition coefficient (Wildman–Crippen LogP) is 0.395. The summed E-state index contributed by atoms with van der Waals surface area (Å²) in [4.78, 5) is 0. The first kappa shape index (κ1) is 12.2. The first-order valence-electron chi connectivity index (χ1n) is 5.16. The van der Waals surface area contributed by atoms with Crippen LogP contribution in [0.2, 0.25) is 0 Å². The Labute approximate surface area is 90.2 Å². The number of methoxy groups -OCH3 is 1. The van der Waals surface area contributed by atoms with Gasteiger partial charge < -0.3 is 15.2 Å². The number of hydrogen-bond acceptors (Lipinski definition) is 4. The summed E-state index contributed by atoms with van der Waals surface area (Å²) in [6.45, 7) is 3.41. The Kier molecular flexibility index (Phi) is 5.99. The maximum atomic E-state index is 5.55. The summed E-state index contributed by atoms with van der Waals surface area (Å²) in [5.74, 6) is 0. The van der Waals surface area contributed by atoms with Crippen LogP contribution >= 0.6 is 0 Å². The molecule has 15 heavy (non-hydrogen) atoms. The highest BCUT2D eigenvalue weighted by Gasteiger charge is 1.99. The number of ether oxygens (including phenoxy) is 2. The summed E-state index contributed by atoms with van der Waals surface area (Å²) in [6.07, 6.45) is 2.69. The van der Waals surface area contributed by atoms with Crippen LogP contribution < -0.4 is 5.73 Å². The number of nitrogens with zero attached hydrogens (tertiary/aromatic N) is 2. The van der Waals surface area contributed by atoms with E-state index in [9.17, 15) is 0 Å². The average molecular weight is 213 g/mol. The molecule has 0 radical (unpaired) electrons. The number of rotatable bonds is 8. The van der Waals surface area contributed by atoms with E-state index in [1.165, 1.54) is 0 Å². The van der Waals surface area contributed by atoms with Gasteiger partial charge in [-0.05, 0) is 12.5 Å². The Balaban J connectivity index is 2.09. The molecule has 0 saturated carbocycles. The largest absolute Gasteiger partial charge is 0.385 e. The molecule has 0 amide bonds. The molecule has 0 bridgehead atoms. The molecule has 0 aliphatic carbocycles. The lowest BCUT2D eigenvalue weighted by atomic mass is 10.4. The summed E-state index contributed by atoms with van der Waals surface area (Å²) in [5, 5.41) is 4.15. The molecule has 0 aromatic carbocycles. The molecule has 0 fully saturated rings. The minimum atomic E-state index is 0.518. The molecule has 0 aliphatic rings. The van der Waals surface area contributed by atoms with Crippen molar-refractivity contribution >= 4 is 0 Å². The van der Waals surface area contributed by atoms with Gasteiger partial charge in [0.1, 0.15) is 0 Å². The van der Waals surface area contributed by atoms with E-state index in [0.717, 1.165) is 31.9 Å². The van der Waals surface area contributed by atoms with Crippen molar-refractivity contribution in [2.75, 3.05) is 26.9 Å².